The molecule has 2 rings (SSSR count). The fourth-order valence-electron chi connectivity index (χ4n) is 2.45. The highest BCUT2D eigenvalue weighted by atomic mass is 32.2. The fraction of sp³-hybridized carbons (Fsp3) is 0.692. The number of aromatic nitrogens is 2. The second-order valence-corrected chi connectivity index (χ2v) is 7.56. The van der Waals surface area contributed by atoms with E-state index in [1.54, 1.807) is 6.20 Å². The van der Waals surface area contributed by atoms with E-state index in [9.17, 15) is 8.42 Å². The average Bonchev–Trinajstić information content (AvgIpc) is 2.44. The second-order valence-electron chi connectivity index (χ2n) is 5.30. The Hall–Kier alpha value is -1.21. The summed E-state index contributed by atoms with van der Waals surface area (Å²) >= 11 is 0. The summed E-state index contributed by atoms with van der Waals surface area (Å²) in [7, 11) is -2.85. The van der Waals surface area contributed by atoms with Gasteiger partial charge in [-0.15, -0.1) is 5.10 Å². The molecule has 1 aromatic rings. The fourth-order valence-corrected chi connectivity index (χ4v) is 3.12. The quantitative estimate of drug-likeness (QED) is 0.770. The Labute approximate surface area is 120 Å². The largest absolute Gasteiger partial charge is 0.354 e. The van der Waals surface area contributed by atoms with Gasteiger partial charge in [0.05, 0.1) is 5.75 Å². The highest BCUT2D eigenvalue weighted by Gasteiger charge is 2.20. The van der Waals surface area contributed by atoms with Gasteiger partial charge in [-0.25, -0.2) is 8.42 Å². The number of anilines is 1. The van der Waals surface area contributed by atoms with Crippen molar-refractivity contribution in [2.45, 2.75) is 25.3 Å². The van der Waals surface area contributed by atoms with Crippen LogP contribution in [0, 0.1) is 0 Å². The first kappa shape index (κ1) is 15.2. The first-order valence-electron chi connectivity index (χ1n) is 6.98. The molecule has 1 N–H and O–H groups in total. The van der Waals surface area contributed by atoms with E-state index in [4.69, 9.17) is 0 Å². The Bertz CT molecular complexity index is 506. The van der Waals surface area contributed by atoms with Crippen LogP contribution in [0.5, 0.6) is 0 Å². The highest BCUT2D eigenvalue weighted by molar-refractivity contribution is 7.90. The molecule has 1 aliphatic heterocycles. The van der Waals surface area contributed by atoms with Crippen LogP contribution in [-0.4, -0.2) is 56.3 Å². The summed E-state index contributed by atoms with van der Waals surface area (Å²) in [6.45, 7) is 2.64. The van der Waals surface area contributed by atoms with E-state index in [1.165, 1.54) is 6.26 Å². The van der Waals surface area contributed by atoms with Crippen LogP contribution in [0.2, 0.25) is 0 Å². The van der Waals surface area contributed by atoms with E-state index >= 15 is 0 Å². The number of sulfone groups is 1. The molecule has 0 unspecified atom stereocenters. The Kier molecular flexibility index (Phi) is 5.31. The van der Waals surface area contributed by atoms with E-state index < -0.39 is 9.84 Å². The molecule has 2 heterocycles. The SMILES string of the molecule is CS(=O)(=O)CCCN[C@@H]1CCCN(c2cccnn2)C1. The minimum atomic E-state index is -2.85. The molecule has 6 nitrogen and oxygen atoms in total. The van der Waals surface area contributed by atoms with Crippen LogP contribution in [0.1, 0.15) is 19.3 Å². The van der Waals surface area contributed by atoms with Gasteiger partial charge in [-0.05, 0) is 37.9 Å². The Morgan fingerprint density at radius 3 is 3.05 bits per heavy atom. The molecular formula is C13H22N4O2S. The zero-order valence-corrected chi connectivity index (χ0v) is 12.6. The van der Waals surface area contributed by atoms with Gasteiger partial charge in [0.15, 0.2) is 5.82 Å². The molecule has 1 aliphatic rings. The molecule has 0 aliphatic carbocycles. The van der Waals surface area contributed by atoms with Crippen molar-refractivity contribution in [3.05, 3.63) is 18.3 Å². The van der Waals surface area contributed by atoms with Crippen molar-refractivity contribution in [1.29, 1.82) is 0 Å². The number of rotatable bonds is 6. The zero-order chi connectivity index (χ0) is 14.4. The summed E-state index contributed by atoms with van der Waals surface area (Å²) in [5, 5.41) is 11.5. The van der Waals surface area contributed by atoms with Gasteiger partial charge >= 0.3 is 0 Å². The van der Waals surface area contributed by atoms with Crippen molar-refractivity contribution < 1.29 is 8.42 Å². The van der Waals surface area contributed by atoms with Crippen LogP contribution < -0.4 is 10.2 Å². The third kappa shape index (κ3) is 5.05. The van der Waals surface area contributed by atoms with Gasteiger partial charge in [-0.3, -0.25) is 0 Å². The van der Waals surface area contributed by atoms with Crippen molar-refractivity contribution in [2.75, 3.05) is 36.5 Å². The van der Waals surface area contributed by atoms with Crippen LogP contribution in [0.25, 0.3) is 0 Å². The molecule has 7 heteroatoms. The van der Waals surface area contributed by atoms with Crippen LogP contribution in [0.4, 0.5) is 5.82 Å². The van der Waals surface area contributed by atoms with Gasteiger partial charge in [-0.2, -0.15) is 5.10 Å². The summed E-state index contributed by atoms with van der Waals surface area (Å²) in [6.07, 6.45) is 5.86. The number of nitrogens with one attached hydrogen (secondary N) is 1. The maximum absolute atomic E-state index is 11.1. The Morgan fingerprint density at radius 1 is 1.50 bits per heavy atom. The van der Waals surface area contributed by atoms with Crippen molar-refractivity contribution in [2.24, 2.45) is 0 Å². The summed E-state index contributed by atoms with van der Waals surface area (Å²) in [5.74, 6) is 1.16. The van der Waals surface area contributed by atoms with E-state index in [2.05, 4.69) is 20.4 Å². The van der Waals surface area contributed by atoms with Gasteiger partial charge in [0.2, 0.25) is 0 Å². The molecular weight excluding hydrogens is 276 g/mol. The van der Waals surface area contributed by atoms with Crippen molar-refractivity contribution in [3.63, 3.8) is 0 Å². The third-order valence-corrected chi connectivity index (χ3v) is 4.46. The first-order valence-corrected chi connectivity index (χ1v) is 9.04. The summed E-state index contributed by atoms with van der Waals surface area (Å²) in [6, 6.07) is 4.26. The van der Waals surface area contributed by atoms with Gasteiger partial charge in [0.1, 0.15) is 9.84 Å². The van der Waals surface area contributed by atoms with Crippen LogP contribution in [0.15, 0.2) is 18.3 Å². The highest BCUT2D eigenvalue weighted by Crippen LogP contribution is 2.16. The second kappa shape index (κ2) is 6.99. The number of hydrogen-bond donors (Lipinski definition) is 1. The maximum Gasteiger partial charge on any atom is 0.151 e. The van der Waals surface area contributed by atoms with Gasteiger partial charge in [0, 0.05) is 31.6 Å². The molecule has 0 amide bonds. The standard InChI is InChI=1S/C13H22N4O2S/c1-20(18,19)10-4-7-14-12-5-3-9-17(11-12)13-6-2-8-15-16-13/h2,6,8,12,14H,3-5,7,9-11H2,1H3/t12-/m1/s1. The lowest BCUT2D eigenvalue weighted by molar-refractivity contribution is 0.421. The lowest BCUT2D eigenvalue weighted by Crippen LogP contribution is -2.46. The molecule has 20 heavy (non-hydrogen) atoms. The first-order chi connectivity index (χ1) is 9.54. The third-order valence-electron chi connectivity index (χ3n) is 3.43. The summed E-state index contributed by atoms with van der Waals surface area (Å²) in [5.41, 5.74) is 0. The molecule has 0 spiro atoms. The molecule has 0 radical (unpaired) electrons. The van der Waals surface area contributed by atoms with Gasteiger partial charge in [-0.1, -0.05) is 0 Å². The molecule has 0 bridgehead atoms. The van der Waals surface area contributed by atoms with E-state index in [0.29, 0.717) is 12.5 Å². The molecule has 1 aromatic heterocycles. The topological polar surface area (TPSA) is 75.2 Å². The van der Waals surface area contributed by atoms with E-state index in [1.807, 2.05) is 12.1 Å². The smallest absolute Gasteiger partial charge is 0.151 e. The van der Waals surface area contributed by atoms with Crippen LogP contribution in [0.3, 0.4) is 0 Å². The predicted octanol–water partition coefficient (Wildman–Crippen LogP) is 0.470. The normalized spacial score (nSPS) is 20.1. The van der Waals surface area contributed by atoms with Crippen molar-refractivity contribution in [1.82, 2.24) is 15.5 Å². The molecule has 1 fully saturated rings. The number of hydrogen-bond acceptors (Lipinski definition) is 6. The minimum Gasteiger partial charge on any atom is -0.354 e. The number of piperidine rings is 1. The van der Waals surface area contributed by atoms with E-state index in [0.717, 1.165) is 38.3 Å². The van der Waals surface area contributed by atoms with Crippen molar-refractivity contribution in [3.8, 4) is 0 Å². The summed E-state index contributed by atoms with van der Waals surface area (Å²) < 4.78 is 22.1. The maximum atomic E-state index is 11.1. The molecule has 0 saturated carbocycles. The molecule has 112 valence electrons. The Morgan fingerprint density at radius 2 is 2.35 bits per heavy atom. The lowest BCUT2D eigenvalue weighted by Gasteiger charge is -2.33. The number of nitrogens with zero attached hydrogens (tertiary/aromatic N) is 3. The van der Waals surface area contributed by atoms with Gasteiger partial charge in [0.25, 0.3) is 0 Å². The van der Waals surface area contributed by atoms with Crippen LogP contribution in [-0.2, 0) is 9.84 Å². The molecule has 0 aromatic carbocycles. The summed E-state index contributed by atoms with van der Waals surface area (Å²) in [4.78, 5) is 2.23. The van der Waals surface area contributed by atoms with Crippen molar-refractivity contribution >= 4 is 15.7 Å². The van der Waals surface area contributed by atoms with Crippen LogP contribution >= 0.6 is 0 Å². The predicted molar refractivity (Wildman–Crippen MR) is 79.6 cm³/mol. The molecule has 1 saturated heterocycles. The Balaban J connectivity index is 1.76. The van der Waals surface area contributed by atoms with E-state index in [-0.39, 0.29) is 5.75 Å². The van der Waals surface area contributed by atoms with Gasteiger partial charge < -0.3 is 10.2 Å². The monoisotopic (exact) mass is 298 g/mol. The lowest BCUT2D eigenvalue weighted by atomic mass is 10.1. The minimum absolute atomic E-state index is 0.251. The zero-order valence-electron chi connectivity index (χ0n) is 11.8. The molecule has 1 atom stereocenters. The average molecular weight is 298 g/mol.